The maximum atomic E-state index is 11.6. The third-order valence-electron chi connectivity index (χ3n) is 7.71. The largest absolute Gasteiger partial charge is 0.347 e. The lowest BCUT2D eigenvalue weighted by Gasteiger charge is -2.23. The first-order valence-electron chi connectivity index (χ1n) is 12.4. The number of fused-ring (bicyclic) bond motifs is 2. The zero-order valence-corrected chi connectivity index (χ0v) is 24.4. The average Bonchev–Trinajstić information content (AvgIpc) is 3.15. The Morgan fingerprint density at radius 3 is 1.90 bits per heavy atom. The van der Waals surface area contributed by atoms with Crippen LogP contribution in [0, 0.1) is 0 Å². The van der Waals surface area contributed by atoms with Gasteiger partial charge in [-0.2, -0.15) is 16.8 Å². The van der Waals surface area contributed by atoms with E-state index in [1.54, 1.807) is 18.2 Å². The van der Waals surface area contributed by atoms with Gasteiger partial charge in [-0.15, -0.1) is 0 Å². The number of likely N-dealkylation sites (N-methyl/N-ethyl adjacent to an activating group) is 1. The summed E-state index contributed by atoms with van der Waals surface area (Å²) in [6, 6.07) is 9.35. The van der Waals surface area contributed by atoms with Crippen LogP contribution in [0.3, 0.4) is 0 Å². The first-order chi connectivity index (χ1) is 18.0. The molecule has 0 saturated heterocycles. The van der Waals surface area contributed by atoms with Crippen LogP contribution in [0.2, 0.25) is 0 Å². The van der Waals surface area contributed by atoms with E-state index < -0.39 is 31.1 Å². The molecule has 0 radical (unpaired) electrons. The van der Waals surface area contributed by atoms with Gasteiger partial charge in [0.2, 0.25) is 0 Å². The van der Waals surface area contributed by atoms with E-state index in [4.69, 9.17) is 0 Å². The molecule has 206 valence electrons. The highest BCUT2D eigenvalue weighted by molar-refractivity contribution is 7.86. The van der Waals surface area contributed by atoms with Crippen LogP contribution in [0.15, 0.2) is 100.0 Å². The number of allylic oxidation sites excluding steroid dienone is 10. The van der Waals surface area contributed by atoms with Gasteiger partial charge >= 0.3 is 0 Å². The van der Waals surface area contributed by atoms with Crippen molar-refractivity contribution in [3.05, 3.63) is 107 Å². The Labute approximate surface area is 231 Å². The minimum Gasteiger partial charge on any atom is -0.347 e. The third-order valence-corrected chi connectivity index (χ3v) is 9.41. The van der Waals surface area contributed by atoms with Gasteiger partial charge in [0, 0.05) is 29.3 Å². The van der Waals surface area contributed by atoms with Crippen molar-refractivity contribution < 1.29 is 25.9 Å². The second-order valence-electron chi connectivity index (χ2n) is 10.9. The molecular formula is C30H33NO6S2. The Morgan fingerprint density at radius 1 is 0.744 bits per heavy atom. The van der Waals surface area contributed by atoms with Crippen LogP contribution in [0.1, 0.15) is 51.3 Å². The Morgan fingerprint density at radius 2 is 1.28 bits per heavy atom. The fourth-order valence-corrected chi connectivity index (χ4v) is 6.60. The van der Waals surface area contributed by atoms with Crippen LogP contribution in [0.5, 0.6) is 0 Å². The van der Waals surface area contributed by atoms with E-state index in [0.29, 0.717) is 0 Å². The highest BCUT2D eigenvalue weighted by atomic mass is 32.2. The van der Waals surface area contributed by atoms with Crippen LogP contribution in [-0.2, 0) is 31.1 Å². The number of hydrogen-bond acceptors (Lipinski definition) is 5. The Hall–Kier alpha value is -3.24. The molecule has 2 aromatic carbocycles. The van der Waals surface area contributed by atoms with Gasteiger partial charge in [0.05, 0.1) is 9.79 Å². The highest BCUT2D eigenvalue weighted by Crippen LogP contribution is 2.48. The van der Waals surface area contributed by atoms with Gasteiger partial charge in [-0.05, 0) is 71.2 Å². The average molecular weight is 568 g/mol. The molecule has 7 nitrogen and oxygen atoms in total. The maximum absolute atomic E-state index is 11.6. The van der Waals surface area contributed by atoms with E-state index in [2.05, 4.69) is 0 Å². The number of rotatable bonds is 6. The number of hydrogen-bond donors (Lipinski definition) is 2. The molecule has 0 unspecified atom stereocenters. The minimum atomic E-state index is -4.28. The lowest BCUT2D eigenvalue weighted by molar-refractivity contribution is 0.480. The maximum Gasteiger partial charge on any atom is 0.294 e. The summed E-state index contributed by atoms with van der Waals surface area (Å²) in [6.45, 7) is 10.1. The summed E-state index contributed by atoms with van der Waals surface area (Å²) in [4.78, 5) is 1.79. The second kappa shape index (κ2) is 9.75. The molecule has 0 saturated carbocycles. The van der Waals surface area contributed by atoms with Crippen LogP contribution < -0.4 is 4.90 Å². The van der Waals surface area contributed by atoms with Crippen molar-refractivity contribution in [3.63, 3.8) is 0 Å². The first kappa shape index (κ1) is 28.8. The van der Waals surface area contributed by atoms with Gasteiger partial charge in [-0.25, -0.2) is 0 Å². The van der Waals surface area contributed by atoms with Crippen LogP contribution in [-0.4, -0.2) is 33.0 Å². The highest BCUT2D eigenvalue weighted by Gasteiger charge is 2.39. The molecule has 1 aliphatic carbocycles. The van der Waals surface area contributed by atoms with Crippen molar-refractivity contribution in [2.45, 2.75) is 55.2 Å². The third kappa shape index (κ3) is 5.19. The molecule has 2 aliphatic rings. The van der Waals surface area contributed by atoms with Crippen molar-refractivity contribution >= 4 is 31.5 Å². The zero-order valence-electron chi connectivity index (χ0n) is 22.8. The Kier molecular flexibility index (Phi) is 7.19. The predicted octanol–water partition coefficient (Wildman–Crippen LogP) is 6.22. The fourth-order valence-electron chi connectivity index (χ4n) is 5.59. The smallest absolute Gasteiger partial charge is 0.294 e. The van der Waals surface area contributed by atoms with Crippen molar-refractivity contribution in [3.8, 4) is 0 Å². The molecule has 0 spiro atoms. The van der Waals surface area contributed by atoms with Gasteiger partial charge in [-0.3, -0.25) is 9.11 Å². The molecule has 4 rings (SSSR count). The molecule has 39 heavy (non-hydrogen) atoms. The normalized spacial score (nSPS) is 19.7. The standard InChI is InChI=1S/C30H33NO6S2/c1-20-23-16-14-21(38(32,33)34)18-25(23)29(2,3)24(20)12-10-8-7-9-11-13-28-30(4,5)26-19-22(39(35,36)37)15-17-27(26)31(28)6/h7-19H,1-6H3,(H,32,33,34)(H,35,36,37). The van der Waals surface area contributed by atoms with Crippen molar-refractivity contribution in [2.24, 2.45) is 0 Å². The number of nitrogens with zero attached hydrogens (tertiary/aromatic N) is 1. The van der Waals surface area contributed by atoms with Crippen molar-refractivity contribution in [1.29, 1.82) is 0 Å². The second-order valence-corrected chi connectivity index (χ2v) is 13.7. The zero-order chi connectivity index (χ0) is 29.0. The molecule has 0 fully saturated rings. The van der Waals surface area contributed by atoms with E-state index in [1.165, 1.54) is 18.2 Å². The fraction of sp³-hybridized carbons (Fsp3) is 0.267. The van der Waals surface area contributed by atoms with E-state index >= 15 is 0 Å². The lowest BCUT2D eigenvalue weighted by atomic mass is 9.81. The first-order valence-corrected chi connectivity index (χ1v) is 15.3. The minimum absolute atomic E-state index is 0.107. The molecular weight excluding hydrogens is 534 g/mol. The van der Waals surface area contributed by atoms with Gasteiger partial charge < -0.3 is 4.90 Å². The molecule has 0 aromatic heterocycles. The van der Waals surface area contributed by atoms with Crippen LogP contribution >= 0.6 is 0 Å². The van der Waals surface area contributed by atoms with Crippen LogP contribution in [0.4, 0.5) is 5.69 Å². The summed E-state index contributed by atoms with van der Waals surface area (Å²) < 4.78 is 65.4. The van der Waals surface area contributed by atoms with E-state index in [9.17, 15) is 25.9 Å². The molecule has 0 amide bonds. The topological polar surface area (TPSA) is 112 Å². The van der Waals surface area contributed by atoms with Crippen molar-refractivity contribution in [1.82, 2.24) is 0 Å². The van der Waals surface area contributed by atoms with Gasteiger partial charge in [0.1, 0.15) is 0 Å². The van der Waals surface area contributed by atoms with Gasteiger partial charge in [0.15, 0.2) is 0 Å². The summed E-state index contributed by atoms with van der Waals surface area (Å²) >= 11 is 0. The number of benzene rings is 2. The molecule has 0 atom stereocenters. The summed E-state index contributed by atoms with van der Waals surface area (Å²) in [6.07, 6.45) is 13.6. The number of anilines is 1. The summed E-state index contributed by atoms with van der Waals surface area (Å²) in [5.74, 6) is 0. The lowest BCUT2D eigenvalue weighted by Crippen LogP contribution is -2.22. The van der Waals surface area contributed by atoms with E-state index in [1.807, 2.05) is 89.1 Å². The quantitative estimate of drug-likeness (QED) is 0.315. The Bertz CT molecular complexity index is 1720. The summed E-state index contributed by atoms with van der Waals surface area (Å²) in [5.41, 5.74) is 5.77. The van der Waals surface area contributed by atoms with E-state index in [-0.39, 0.29) is 9.79 Å². The summed E-state index contributed by atoms with van der Waals surface area (Å²) in [5, 5.41) is 0. The molecule has 2 N–H and O–H groups in total. The van der Waals surface area contributed by atoms with E-state index in [0.717, 1.165) is 39.2 Å². The van der Waals surface area contributed by atoms with Gasteiger partial charge in [0.25, 0.3) is 20.2 Å². The van der Waals surface area contributed by atoms with Crippen molar-refractivity contribution in [2.75, 3.05) is 11.9 Å². The van der Waals surface area contributed by atoms with Gasteiger partial charge in [-0.1, -0.05) is 70.2 Å². The Balaban J connectivity index is 1.50. The molecule has 2 aromatic rings. The molecule has 0 bridgehead atoms. The SMILES string of the molecule is CC1=C(C=CC=CC=CC=C2N(C)c3ccc(S(=O)(=O)O)cc3C2(C)C)C(C)(C)c2cc(S(=O)(=O)O)ccc21. The molecule has 1 aliphatic heterocycles. The summed E-state index contributed by atoms with van der Waals surface area (Å²) in [7, 11) is -6.64. The molecule has 1 heterocycles. The monoisotopic (exact) mass is 567 g/mol. The van der Waals surface area contributed by atoms with Crippen LogP contribution in [0.25, 0.3) is 5.57 Å². The molecule has 9 heteroatoms. The predicted molar refractivity (Wildman–Crippen MR) is 155 cm³/mol.